The van der Waals surface area contributed by atoms with Crippen molar-refractivity contribution in [1.29, 1.82) is 0 Å². The average Bonchev–Trinajstić information content (AvgIpc) is 3.48. The lowest BCUT2D eigenvalue weighted by Gasteiger charge is -2.15. The number of nitrogens with zero attached hydrogens (tertiary/aromatic N) is 4. The van der Waals surface area contributed by atoms with Crippen LogP contribution >= 0.6 is 23.4 Å². The van der Waals surface area contributed by atoms with Crippen molar-refractivity contribution in [3.63, 3.8) is 0 Å². The van der Waals surface area contributed by atoms with Gasteiger partial charge in [0.05, 0.1) is 22.8 Å². The highest BCUT2D eigenvalue weighted by molar-refractivity contribution is 8.15. The molecule has 1 aliphatic heterocycles. The number of benzene rings is 3. The Morgan fingerprint density at radius 3 is 2.32 bits per heavy atom. The molecular weight excluding hydrogens is 470 g/mol. The van der Waals surface area contributed by atoms with E-state index in [4.69, 9.17) is 11.6 Å². The van der Waals surface area contributed by atoms with Crippen molar-refractivity contribution < 1.29 is 9.59 Å². The van der Waals surface area contributed by atoms with Gasteiger partial charge < -0.3 is 0 Å². The van der Waals surface area contributed by atoms with Crippen LogP contribution in [0.25, 0.3) is 16.9 Å². The molecule has 0 saturated carbocycles. The summed E-state index contributed by atoms with van der Waals surface area (Å²) in [6, 6.07) is 27.8. The molecule has 3 aromatic carbocycles. The van der Waals surface area contributed by atoms with Gasteiger partial charge in [-0.3, -0.25) is 14.5 Å². The van der Waals surface area contributed by atoms with Crippen LogP contribution in [0.1, 0.15) is 10.5 Å². The van der Waals surface area contributed by atoms with Crippen molar-refractivity contribution in [1.82, 2.24) is 15.2 Å². The molecule has 0 atom stereocenters. The van der Waals surface area contributed by atoms with Gasteiger partial charge in [0, 0.05) is 10.6 Å². The molecule has 0 spiro atoms. The van der Waals surface area contributed by atoms with Gasteiger partial charge in [-0.25, -0.2) is 10.1 Å². The number of rotatable bonds is 5. The summed E-state index contributed by atoms with van der Waals surface area (Å²) in [7, 11) is 0. The Morgan fingerprint density at radius 2 is 1.62 bits per heavy atom. The number of hydrazone groups is 1. The molecule has 2 heterocycles. The smallest absolute Gasteiger partial charge is 0.273 e. The Kier molecular flexibility index (Phi) is 6.16. The van der Waals surface area contributed by atoms with E-state index in [0.29, 0.717) is 15.9 Å². The van der Waals surface area contributed by atoms with Crippen LogP contribution in [-0.2, 0) is 4.79 Å². The molecule has 0 unspecified atom stereocenters. The molecule has 1 N–H and O–H groups in total. The monoisotopic (exact) mass is 487 g/mol. The van der Waals surface area contributed by atoms with E-state index in [1.54, 1.807) is 22.9 Å². The molecule has 1 fully saturated rings. The van der Waals surface area contributed by atoms with Crippen LogP contribution in [0.4, 0.5) is 5.69 Å². The van der Waals surface area contributed by atoms with E-state index in [1.165, 1.54) is 16.7 Å². The van der Waals surface area contributed by atoms with Crippen LogP contribution in [-0.4, -0.2) is 32.5 Å². The van der Waals surface area contributed by atoms with Gasteiger partial charge in [-0.15, -0.1) is 5.10 Å². The highest BCUT2D eigenvalue weighted by atomic mass is 35.5. The summed E-state index contributed by atoms with van der Waals surface area (Å²) in [5, 5.41) is 9.77. The zero-order chi connectivity index (χ0) is 23.5. The molecule has 168 valence electrons. The molecule has 2 amide bonds. The predicted octanol–water partition coefficient (Wildman–Crippen LogP) is 4.97. The third-order valence-electron chi connectivity index (χ3n) is 5.12. The first kappa shape index (κ1) is 21.9. The molecule has 4 aromatic rings. The van der Waals surface area contributed by atoms with Gasteiger partial charge >= 0.3 is 0 Å². The summed E-state index contributed by atoms with van der Waals surface area (Å²) in [4.78, 5) is 26.8. The fourth-order valence-corrected chi connectivity index (χ4v) is 4.47. The Balaban J connectivity index is 1.45. The number of anilines is 1. The summed E-state index contributed by atoms with van der Waals surface area (Å²) in [5.74, 6) is -0.319. The summed E-state index contributed by atoms with van der Waals surface area (Å²) in [6.07, 6.45) is 0. The molecule has 0 radical (unpaired) electrons. The molecule has 1 aromatic heterocycles. The summed E-state index contributed by atoms with van der Waals surface area (Å²) in [5.41, 5.74) is 5.86. The molecule has 9 heteroatoms. The minimum Gasteiger partial charge on any atom is -0.273 e. The lowest BCUT2D eigenvalue weighted by atomic mass is 10.1. The van der Waals surface area contributed by atoms with E-state index < -0.39 is 5.91 Å². The molecule has 7 nitrogen and oxygen atoms in total. The fourth-order valence-electron chi connectivity index (χ4n) is 3.52. The van der Waals surface area contributed by atoms with Gasteiger partial charge in [0.1, 0.15) is 0 Å². The lowest BCUT2D eigenvalue weighted by Crippen LogP contribution is -2.31. The molecule has 34 heavy (non-hydrogen) atoms. The maximum absolute atomic E-state index is 13.0. The highest BCUT2D eigenvalue weighted by Crippen LogP contribution is 2.27. The Labute approximate surface area is 205 Å². The average molecular weight is 488 g/mol. The number of carbonyl (C=O) groups excluding carboxylic acids is 2. The second-order valence-corrected chi connectivity index (χ2v) is 8.74. The Bertz CT molecular complexity index is 1370. The number of amides is 2. The standard InChI is InChI=1S/C25H18ClN5O2S/c26-18-11-13-20(14-12-18)31-22(17-7-3-1-4-8-17)15-21(29-31)24(33)27-28-25-30(23(32)16-34-25)19-9-5-2-6-10-19/h1-15H,16H2,(H,27,33)/b28-25-. The van der Waals surface area contributed by atoms with Crippen LogP contribution in [0.2, 0.25) is 5.02 Å². The van der Waals surface area contributed by atoms with Gasteiger partial charge in [0.2, 0.25) is 5.91 Å². The minimum absolute atomic E-state index is 0.0948. The predicted molar refractivity (Wildman–Crippen MR) is 135 cm³/mol. The van der Waals surface area contributed by atoms with Crippen molar-refractivity contribution in [2.75, 3.05) is 10.7 Å². The number of nitrogens with one attached hydrogen (secondary N) is 1. The van der Waals surface area contributed by atoms with Crippen molar-refractivity contribution in [2.45, 2.75) is 0 Å². The highest BCUT2D eigenvalue weighted by Gasteiger charge is 2.30. The van der Waals surface area contributed by atoms with Crippen LogP contribution in [0.3, 0.4) is 0 Å². The fraction of sp³-hybridized carbons (Fsp3) is 0.0400. The van der Waals surface area contributed by atoms with E-state index in [-0.39, 0.29) is 17.4 Å². The minimum atomic E-state index is -0.481. The topological polar surface area (TPSA) is 79.6 Å². The van der Waals surface area contributed by atoms with Crippen LogP contribution in [0, 0.1) is 0 Å². The third kappa shape index (κ3) is 4.46. The number of para-hydroxylation sites is 1. The second kappa shape index (κ2) is 9.54. The number of hydrogen-bond donors (Lipinski definition) is 1. The number of thioether (sulfide) groups is 1. The van der Waals surface area contributed by atoms with Crippen LogP contribution in [0.15, 0.2) is 96.1 Å². The van der Waals surface area contributed by atoms with Gasteiger partial charge in [-0.05, 0) is 42.5 Å². The summed E-state index contributed by atoms with van der Waals surface area (Å²) >= 11 is 7.31. The Hall–Kier alpha value is -3.88. The molecule has 1 aliphatic rings. The van der Waals surface area contributed by atoms with Crippen molar-refractivity contribution in [3.05, 3.63) is 102 Å². The van der Waals surface area contributed by atoms with Crippen LogP contribution in [0.5, 0.6) is 0 Å². The van der Waals surface area contributed by atoms with E-state index in [0.717, 1.165) is 16.9 Å². The third-order valence-corrected chi connectivity index (χ3v) is 6.29. The van der Waals surface area contributed by atoms with Crippen LogP contribution < -0.4 is 10.3 Å². The molecule has 0 bridgehead atoms. The maximum Gasteiger partial charge on any atom is 0.291 e. The summed E-state index contributed by atoms with van der Waals surface area (Å²) < 4.78 is 1.69. The summed E-state index contributed by atoms with van der Waals surface area (Å²) in [6.45, 7) is 0. The normalized spacial score (nSPS) is 14.6. The van der Waals surface area contributed by atoms with Gasteiger partial charge in [-0.2, -0.15) is 5.10 Å². The number of hydrogen-bond acceptors (Lipinski definition) is 5. The number of aromatic nitrogens is 2. The van der Waals surface area contributed by atoms with E-state index in [1.807, 2.05) is 72.8 Å². The SMILES string of the molecule is O=C(N/N=C1\SCC(=O)N1c1ccccc1)c1cc(-c2ccccc2)n(-c2ccc(Cl)cc2)n1. The largest absolute Gasteiger partial charge is 0.291 e. The van der Waals surface area contributed by atoms with E-state index in [2.05, 4.69) is 15.6 Å². The number of carbonyl (C=O) groups is 2. The van der Waals surface area contributed by atoms with Crippen molar-refractivity contribution in [3.8, 4) is 16.9 Å². The quantitative estimate of drug-likeness (QED) is 0.403. The first-order valence-electron chi connectivity index (χ1n) is 10.4. The van der Waals surface area contributed by atoms with Gasteiger partial charge in [-0.1, -0.05) is 71.9 Å². The molecular formula is C25H18ClN5O2S. The van der Waals surface area contributed by atoms with Gasteiger partial charge in [0.15, 0.2) is 10.9 Å². The first-order chi connectivity index (χ1) is 16.6. The number of halogens is 1. The Morgan fingerprint density at radius 1 is 0.941 bits per heavy atom. The van der Waals surface area contributed by atoms with Crippen molar-refractivity contribution >= 4 is 46.0 Å². The second-order valence-electron chi connectivity index (χ2n) is 7.36. The first-order valence-corrected chi connectivity index (χ1v) is 11.8. The van der Waals surface area contributed by atoms with E-state index >= 15 is 0 Å². The van der Waals surface area contributed by atoms with E-state index in [9.17, 15) is 9.59 Å². The molecule has 1 saturated heterocycles. The zero-order valence-electron chi connectivity index (χ0n) is 17.8. The molecule has 5 rings (SSSR count). The van der Waals surface area contributed by atoms with Gasteiger partial charge in [0.25, 0.3) is 5.91 Å². The molecule has 0 aliphatic carbocycles. The van der Waals surface area contributed by atoms with Crippen molar-refractivity contribution in [2.24, 2.45) is 5.10 Å². The maximum atomic E-state index is 13.0. The lowest BCUT2D eigenvalue weighted by molar-refractivity contribution is -0.115. The number of amidine groups is 1. The zero-order valence-corrected chi connectivity index (χ0v) is 19.3.